The van der Waals surface area contributed by atoms with Gasteiger partial charge in [-0.05, 0) is 30.7 Å². The number of aromatic nitrogens is 1. The van der Waals surface area contributed by atoms with Gasteiger partial charge >= 0.3 is 5.97 Å². The second kappa shape index (κ2) is 5.74. The average Bonchev–Trinajstić information content (AvgIpc) is 2.45. The number of hydrogen-bond acceptors (Lipinski definition) is 4. The number of halogens is 2. The molecule has 0 spiro atoms. The van der Waals surface area contributed by atoms with Crippen molar-refractivity contribution in [3.63, 3.8) is 0 Å². The van der Waals surface area contributed by atoms with Crippen LogP contribution in [-0.2, 0) is 4.74 Å². The lowest BCUT2D eigenvalue weighted by Gasteiger charge is -2.06. The second-order valence-electron chi connectivity index (χ2n) is 4.27. The molecule has 2 aromatic rings. The Labute approximate surface area is 118 Å². The van der Waals surface area contributed by atoms with Gasteiger partial charge in [-0.2, -0.15) is 4.73 Å². The van der Waals surface area contributed by atoms with Crippen molar-refractivity contribution in [2.75, 3.05) is 7.11 Å². The summed E-state index contributed by atoms with van der Waals surface area (Å²) < 4.78 is 32.4. The van der Waals surface area contributed by atoms with Crippen molar-refractivity contribution in [3.05, 3.63) is 58.7 Å². The highest BCUT2D eigenvalue weighted by molar-refractivity contribution is 5.94. The van der Waals surface area contributed by atoms with E-state index in [1.54, 1.807) is 13.0 Å². The topological polar surface area (TPSA) is 63.8 Å². The van der Waals surface area contributed by atoms with Crippen LogP contribution in [0, 0.1) is 18.6 Å². The van der Waals surface area contributed by atoms with Crippen LogP contribution in [0.1, 0.15) is 15.9 Å². The lowest BCUT2D eigenvalue weighted by atomic mass is 10.1. The number of esters is 1. The van der Waals surface area contributed by atoms with Gasteiger partial charge in [-0.1, -0.05) is 6.07 Å². The van der Waals surface area contributed by atoms with E-state index in [0.717, 1.165) is 24.8 Å². The molecule has 0 bridgehead atoms. The molecule has 1 heterocycles. The summed E-state index contributed by atoms with van der Waals surface area (Å²) in [5.74, 6) is -3.30. The number of hydrogen-bond donors (Lipinski definition) is 1. The van der Waals surface area contributed by atoms with Crippen LogP contribution in [0.5, 0.6) is 0 Å². The van der Waals surface area contributed by atoms with Gasteiger partial charge < -0.3 is 9.94 Å². The Morgan fingerprint density at radius 2 is 2.00 bits per heavy atom. The molecule has 1 N–H and O–H groups in total. The van der Waals surface area contributed by atoms with Gasteiger partial charge in [-0.25, -0.2) is 18.6 Å². The summed E-state index contributed by atoms with van der Waals surface area (Å²) in [5, 5.41) is 9.69. The number of carbonyl (C=O) groups excluding carboxylic acids is 1. The van der Waals surface area contributed by atoms with E-state index < -0.39 is 23.3 Å². The van der Waals surface area contributed by atoms with Gasteiger partial charge in [0.1, 0.15) is 5.69 Å². The third-order valence-corrected chi connectivity index (χ3v) is 2.76. The first-order valence-electron chi connectivity index (χ1n) is 5.93. The third-order valence-electron chi connectivity index (χ3n) is 2.76. The van der Waals surface area contributed by atoms with Crippen molar-refractivity contribution in [2.24, 2.45) is 4.99 Å². The number of benzene rings is 1. The average molecular weight is 294 g/mol. The van der Waals surface area contributed by atoms with Crippen molar-refractivity contribution >= 4 is 11.7 Å². The van der Waals surface area contributed by atoms with E-state index in [9.17, 15) is 18.8 Å². The predicted molar refractivity (Wildman–Crippen MR) is 69.3 cm³/mol. The quantitative estimate of drug-likeness (QED) is 0.683. The lowest BCUT2D eigenvalue weighted by Crippen LogP contribution is -2.18. The Hall–Kier alpha value is -2.70. The fourth-order valence-electron chi connectivity index (χ4n) is 1.71. The summed E-state index contributed by atoms with van der Waals surface area (Å²) in [5.41, 5.74) is -0.0925. The zero-order chi connectivity index (χ0) is 15.6. The van der Waals surface area contributed by atoms with Crippen LogP contribution < -0.4 is 5.49 Å². The number of ether oxygens (including phenoxy) is 1. The molecule has 2 rings (SSSR count). The van der Waals surface area contributed by atoms with E-state index in [1.165, 1.54) is 12.3 Å². The number of rotatable bonds is 2. The normalized spacial score (nSPS) is 11.5. The van der Waals surface area contributed by atoms with Crippen molar-refractivity contribution in [1.82, 2.24) is 4.73 Å². The predicted octanol–water partition coefficient (Wildman–Crippen LogP) is 2.33. The molecule has 0 fully saturated rings. The Kier molecular flexibility index (Phi) is 4.02. The van der Waals surface area contributed by atoms with Gasteiger partial charge in [0.15, 0.2) is 17.1 Å². The van der Waals surface area contributed by atoms with Crippen LogP contribution in [0.2, 0.25) is 0 Å². The SMILES string of the molecule is COC(=O)c1ccc(F)c(F)c1N=c1ccc(C)cn1O. The smallest absolute Gasteiger partial charge is 0.340 e. The number of carbonyl (C=O) groups is 1. The van der Waals surface area contributed by atoms with E-state index in [2.05, 4.69) is 9.73 Å². The third kappa shape index (κ3) is 2.91. The van der Waals surface area contributed by atoms with Crippen LogP contribution in [0.25, 0.3) is 0 Å². The number of pyridine rings is 1. The highest BCUT2D eigenvalue weighted by atomic mass is 19.2. The molecule has 7 heteroatoms. The summed E-state index contributed by atoms with van der Waals surface area (Å²) in [6.07, 6.45) is 1.34. The molecule has 0 aliphatic rings. The van der Waals surface area contributed by atoms with Gasteiger partial charge in [-0.15, -0.1) is 0 Å². The van der Waals surface area contributed by atoms with Gasteiger partial charge in [0.2, 0.25) is 0 Å². The largest absolute Gasteiger partial charge is 0.465 e. The van der Waals surface area contributed by atoms with Gasteiger partial charge in [0.05, 0.1) is 12.7 Å². The van der Waals surface area contributed by atoms with Crippen LogP contribution in [-0.4, -0.2) is 23.0 Å². The first-order chi connectivity index (χ1) is 9.93. The summed E-state index contributed by atoms with van der Waals surface area (Å²) >= 11 is 0. The minimum absolute atomic E-state index is 0.0600. The van der Waals surface area contributed by atoms with Crippen molar-refractivity contribution < 1.29 is 23.5 Å². The number of methoxy groups -OCH3 is 1. The molecule has 1 aromatic carbocycles. The molecule has 5 nitrogen and oxygen atoms in total. The maximum absolute atomic E-state index is 13.9. The maximum atomic E-state index is 13.9. The highest BCUT2D eigenvalue weighted by Gasteiger charge is 2.19. The number of nitrogens with zero attached hydrogens (tertiary/aromatic N) is 2. The van der Waals surface area contributed by atoms with E-state index in [1.807, 2.05) is 0 Å². The van der Waals surface area contributed by atoms with Gasteiger partial charge in [0, 0.05) is 6.20 Å². The molecule has 0 aliphatic heterocycles. The van der Waals surface area contributed by atoms with Crippen molar-refractivity contribution in [1.29, 1.82) is 0 Å². The Morgan fingerprint density at radius 3 is 2.62 bits per heavy atom. The van der Waals surface area contributed by atoms with Gasteiger partial charge in [-0.3, -0.25) is 0 Å². The van der Waals surface area contributed by atoms with E-state index in [4.69, 9.17) is 0 Å². The standard InChI is InChI=1S/C14H12F2N2O3/c1-8-3-6-11(18(20)7-8)17-13-9(14(19)21-2)4-5-10(15)12(13)16/h3-7,20H,1-2H3. The van der Waals surface area contributed by atoms with Gasteiger partial charge in [0.25, 0.3) is 0 Å². The van der Waals surface area contributed by atoms with Crippen molar-refractivity contribution in [3.8, 4) is 0 Å². The molecule has 0 unspecified atom stereocenters. The molecule has 21 heavy (non-hydrogen) atoms. The maximum Gasteiger partial charge on any atom is 0.340 e. The Bertz CT molecular complexity index is 769. The highest BCUT2D eigenvalue weighted by Crippen LogP contribution is 2.25. The molecule has 0 saturated heterocycles. The first-order valence-corrected chi connectivity index (χ1v) is 5.93. The van der Waals surface area contributed by atoms with Crippen LogP contribution in [0.3, 0.4) is 0 Å². The second-order valence-corrected chi connectivity index (χ2v) is 4.27. The molecule has 0 aliphatic carbocycles. The van der Waals surface area contributed by atoms with Crippen molar-refractivity contribution in [2.45, 2.75) is 6.92 Å². The summed E-state index contributed by atoms with van der Waals surface area (Å²) in [4.78, 5) is 15.4. The van der Waals surface area contributed by atoms with Crippen LogP contribution >= 0.6 is 0 Å². The Balaban J connectivity index is 2.73. The van der Waals surface area contributed by atoms with E-state index in [0.29, 0.717) is 4.73 Å². The molecule has 0 saturated carbocycles. The fourth-order valence-corrected chi connectivity index (χ4v) is 1.71. The minimum Gasteiger partial charge on any atom is -0.465 e. The lowest BCUT2D eigenvalue weighted by molar-refractivity contribution is 0.0601. The van der Waals surface area contributed by atoms with Crippen LogP contribution in [0.4, 0.5) is 14.5 Å². The fraction of sp³-hybridized carbons (Fsp3) is 0.143. The molecule has 110 valence electrons. The molecule has 0 radical (unpaired) electrons. The summed E-state index contributed by atoms with van der Waals surface area (Å²) in [7, 11) is 1.12. The van der Waals surface area contributed by atoms with E-state index in [-0.39, 0.29) is 11.1 Å². The molecular formula is C14H12F2N2O3. The number of aryl methyl sites for hydroxylation is 1. The zero-order valence-corrected chi connectivity index (χ0v) is 11.3. The molecule has 1 aromatic heterocycles. The first kappa shape index (κ1) is 14.7. The molecular weight excluding hydrogens is 282 g/mol. The zero-order valence-electron chi connectivity index (χ0n) is 11.3. The van der Waals surface area contributed by atoms with Crippen LogP contribution in [0.15, 0.2) is 35.5 Å². The van der Waals surface area contributed by atoms with E-state index >= 15 is 0 Å². The minimum atomic E-state index is -1.29. The molecule has 0 amide bonds. The monoisotopic (exact) mass is 294 g/mol. The molecule has 0 atom stereocenters. The summed E-state index contributed by atoms with van der Waals surface area (Å²) in [6, 6.07) is 4.91. The Morgan fingerprint density at radius 1 is 1.29 bits per heavy atom. The summed E-state index contributed by atoms with van der Waals surface area (Å²) in [6.45, 7) is 1.74.